The van der Waals surface area contributed by atoms with Crippen LogP contribution >= 0.6 is 11.6 Å². The van der Waals surface area contributed by atoms with Crippen molar-refractivity contribution in [1.29, 1.82) is 0 Å². The maximum Gasteiger partial charge on any atom is 0.338 e. The Morgan fingerprint density at radius 3 is 2.83 bits per heavy atom. The summed E-state index contributed by atoms with van der Waals surface area (Å²) in [6.07, 6.45) is 1.35. The van der Waals surface area contributed by atoms with Crippen LogP contribution in [0.25, 0.3) is 0 Å². The van der Waals surface area contributed by atoms with Gasteiger partial charge < -0.3 is 14.9 Å². The summed E-state index contributed by atoms with van der Waals surface area (Å²) in [4.78, 5) is 15.4. The highest BCUT2D eigenvalue weighted by Gasteiger charge is 2.17. The van der Waals surface area contributed by atoms with Crippen molar-refractivity contribution in [1.82, 2.24) is 0 Å². The van der Waals surface area contributed by atoms with Gasteiger partial charge in [-0.15, -0.1) is 0 Å². The summed E-state index contributed by atoms with van der Waals surface area (Å²) in [6.45, 7) is 1.72. The SMILES string of the molecule is COC(=O)c1cc(/C=N/CCO)c(O)c(Cl)c1C. The number of hydrogen-bond donors (Lipinski definition) is 2. The second-order valence-electron chi connectivity index (χ2n) is 3.55. The lowest BCUT2D eigenvalue weighted by atomic mass is 10.0. The van der Waals surface area contributed by atoms with E-state index in [9.17, 15) is 9.90 Å². The Balaban J connectivity index is 3.27. The highest BCUT2D eigenvalue weighted by atomic mass is 35.5. The number of carbonyl (C=O) groups is 1. The third kappa shape index (κ3) is 3.00. The zero-order valence-corrected chi connectivity index (χ0v) is 10.9. The zero-order valence-electron chi connectivity index (χ0n) is 10.1. The number of hydrogen-bond acceptors (Lipinski definition) is 5. The number of phenols is 1. The lowest BCUT2D eigenvalue weighted by molar-refractivity contribution is 0.0600. The molecule has 0 saturated carbocycles. The van der Waals surface area contributed by atoms with E-state index in [1.807, 2.05) is 0 Å². The van der Waals surface area contributed by atoms with E-state index in [0.29, 0.717) is 11.1 Å². The van der Waals surface area contributed by atoms with Crippen LogP contribution < -0.4 is 0 Å². The van der Waals surface area contributed by atoms with E-state index in [2.05, 4.69) is 9.73 Å². The van der Waals surface area contributed by atoms with Crippen molar-refractivity contribution < 1.29 is 19.7 Å². The number of ether oxygens (including phenoxy) is 1. The number of aliphatic hydroxyl groups excluding tert-OH is 1. The van der Waals surface area contributed by atoms with Crippen molar-refractivity contribution in [2.24, 2.45) is 4.99 Å². The van der Waals surface area contributed by atoms with Crippen LogP contribution in [0.2, 0.25) is 5.02 Å². The quantitative estimate of drug-likeness (QED) is 0.643. The van der Waals surface area contributed by atoms with E-state index in [-0.39, 0.29) is 29.5 Å². The van der Waals surface area contributed by atoms with Crippen LogP contribution in [0.4, 0.5) is 0 Å². The molecule has 98 valence electrons. The third-order valence-electron chi connectivity index (χ3n) is 2.38. The average Bonchev–Trinajstić information content (AvgIpc) is 2.38. The first-order valence-electron chi connectivity index (χ1n) is 5.24. The maximum atomic E-state index is 11.5. The van der Waals surface area contributed by atoms with E-state index in [0.717, 1.165) is 0 Å². The van der Waals surface area contributed by atoms with Gasteiger partial charge in [0.1, 0.15) is 5.75 Å². The molecule has 0 aromatic heterocycles. The number of esters is 1. The summed E-state index contributed by atoms with van der Waals surface area (Å²) < 4.78 is 4.63. The molecule has 0 unspecified atom stereocenters. The van der Waals surface area contributed by atoms with Gasteiger partial charge in [-0.3, -0.25) is 4.99 Å². The minimum absolute atomic E-state index is 0.0864. The molecular formula is C12H14ClNO4. The predicted molar refractivity (Wildman–Crippen MR) is 68.7 cm³/mol. The van der Waals surface area contributed by atoms with Crippen LogP contribution in [0.3, 0.4) is 0 Å². The maximum absolute atomic E-state index is 11.5. The Bertz CT molecular complexity index is 485. The van der Waals surface area contributed by atoms with E-state index in [1.54, 1.807) is 6.92 Å². The molecule has 1 aromatic carbocycles. The Labute approximate surface area is 110 Å². The summed E-state index contributed by atoms with van der Waals surface area (Å²) >= 11 is 5.93. The second kappa shape index (κ2) is 6.37. The smallest absolute Gasteiger partial charge is 0.338 e. The van der Waals surface area contributed by atoms with Gasteiger partial charge in [-0.25, -0.2) is 4.79 Å². The van der Waals surface area contributed by atoms with Crippen LogP contribution in [0.1, 0.15) is 21.5 Å². The number of halogens is 1. The Hall–Kier alpha value is -1.59. The number of rotatable bonds is 4. The molecule has 0 fully saturated rings. The average molecular weight is 272 g/mol. The highest BCUT2D eigenvalue weighted by Crippen LogP contribution is 2.32. The molecule has 0 saturated heterocycles. The number of benzene rings is 1. The van der Waals surface area contributed by atoms with Gasteiger partial charge in [-0.05, 0) is 18.6 Å². The molecule has 6 heteroatoms. The van der Waals surface area contributed by atoms with Crippen LogP contribution in [0, 0.1) is 6.92 Å². The fourth-order valence-corrected chi connectivity index (χ4v) is 1.61. The lowest BCUT2D eigenvalue weighted by Crippen LogP contribution is -2.05. The fourth-order valence-electron chi connectivity index (χ4n) is 1.40. The minimum Gasteiger partial charge on any atom is -0.506 e. The highest BCUT2D eigenvalue weighted by molar-refractivity contribution is 6.33. The fraction of sp³-hybridized carbons (Fsp3) is 0.333. The summed E-state index contributed by atoms with van der Waals surface area (Å²) in [7, 11) is 1.27. The molecule has 18 heavy (non-hydrogen) atoms. The summed E-state index contributed by atoms with van der Waals surface area (Å²) in [5.41, 5.74) is 1.02. The summed E-state index contributed by atoms with van der Waals surface area (Å²) in [5.74, 6) is -0.685. The Morgan fingerprint density at radius 1 is 1.61 bits per heavy atom. The van der Waals surface area contributed by atoms with Crippen LogP contribution in [0.5, 0.6) is 5.75 Å². The molecule has 0 amide bonds. The first-order chi connectivity index (χ1) is 8.52. The van der Waals surface area contributed by atoms with E-state index < -0.39 is 5.97 Å². The number of nitrogens with zero attached hydrogens (tertiary/aromatic N) is 1. The van der Waals surface area contributed by atoms with Crippen molar-refractivity contribution in [2.75, 3.05) is 20.3 Å². The number of carbonyl (C=O) groups excluding carboxylic acids is 1. The molecule has 5 nitrogen and oxygen atoms in total. The van der Waals surface area contributed by atoms with Crippen molar-refractivity contribution in [3.63, 3.8) is 0 Å². The van der Waals surface area contributed by atoms with Crippen molar-refractivity contribution in [3.05, 3.63) is 27.8 Å². The normalized spacial score (nSPS) is 10.9. The number of aliphatic imine (C=N–C) groups is 1. The van der Waals surface area contributed by atoms with E-state index in [1.165, 1.54) is 19.4 Å². The van der Waals surface area contributed by atoms with Gasteiger partial charge in [-0.1, -0.05) is 11.6 Å². The Morgan fingerprint density at radius 2 is 2.28 bits per heavy atom. The van der Waals surface area contributed by atoms with Crippen LogP contribution in [-0.4, -0.2) is 42.7 Å². The molecule has 0 aliphatic heterocycles. The van der Waals surface area contributed by atoms with Crippen molar-refractivity contribution in [3.8, 4) is 5.75 Å². The molecule has 0 atom stereocenters. The van der Waals surface area contributed by atoms with Gasteiger partial charge in [0.2, 0.25) is 0 Å². The zero-order chi connectivity index (χ0) is 13.7. The molecule has 0 aliphatic rings. The lowest BCUT2D eigenvalue weighted by Gasteiger charge is -2.10. The molecule has 2 N–H and O–H groups in total. The van der Waals surface area contributed by atoms with E-state index >= 15 is 0 Å². The summed E-state index contributed by atoms with van der Waals surface area (Å²) in [6, 6.07) is 1.45. The standard InChI is InChI=1S/C12H14ClNO4/c1-7-9(12(17)18-2)5-8(6-14-3-4-15)11(16)10(7)13/h5-6,15-16H,3-4H2,1-2H3/b14-6+. The third-order valence-corrected chi connectivity index (χ3v) is 2.84. The predicted octanol–water partition coefficient (Wildman–Crippen LogP) is 1.55. The molecular weight excluding hydrogens is 258 g/mol. The van der Waals surface area contributed by atoms with Gasteiger partial charge in [0, 0.05) is 11.8 Å². The molecule has 1 rings (SSSR count). The first kappa shape index (κ1) is 14.5. The van der Waals surface area contributed by atoms with Gasteiger partial charge in [0.25, 0.3) is 0 Å². The summed E-state index contributed by atoms with van der Waals surface area (Å²) in [5, 5.41) is 18.5. The number of aliphatic hydroxyl groups is 1. The molecule has 0 aliphatic carbocycles. The van der Waals surface area contributed by atoms with Gasteiger partial charge in [0.05, 0.1) is 30.8 Å². The molecule has 0 spiro atoms. The second-order valence-corrected chi connectivity index (χ2v) is 3.93. The first-order valence-corrected chi connectivity index (χ1v) is 5.61. The Kier molecular flexibility index (Phi) is 5.12. The number of methoxy groups -OCH3 is 1. The molecule has 0 heterocycles. The van der Waals surface area contributed by atoms with Crippen molar-refractivity contribution in [2.45, 2.75) is 6.92 Å². The van der Waals surface area contributed by atoms with Gasteiger partial charge in [-0.2, -0.15) is 0 Å². The molecule has 0 radical (unpaired) electrons. The minimum atomic E-state index is -0.536. The largest absolute Gasteiger partial charge is 0.506 e. The van der Waals surface area contributed by atoms with Gasteiger partial charge in [0.15, 0.2) is 0 Å². The number of phenolic OH excluding ortho intramolecular Hbond substituents is 1. The molecule has 0 bridgehead atoms. The van der Waals surface area contributed by atoms with E-state index in [4.69, 9.17) is 16.7 Å². The topological polar surface area (TPSA) is 79.1 Å². The number of aromatic hydroxyl groups is 1. The molecule has 1 aromatic rings. The van der Waals surface area contributed by atoms with Crippen molar-refractivity contribution >= 4 is 23.8 Å². The monoisotopic (exact) mass is 271 g/mol. The van der Waals surface area contributed by atoms with Gasteiger partial charge >= 0.3 is 5.97 Å². The van der Waals surface area contributed by atoms with Crippen LogP contribution in [0.15, 0.2) is 11.1 Å². The van der Waals surface area contributed by atoms with Crippen LogP contribution in [-0.2, 0) is 4.74 Å².